The molecule has 1 saturated heterocycles. The molecule has 2 aromatic rings. The number of alkyl halides is 3. The van der Waals surface area contributed by atoms with E-state index in [1.807, 2.05) is 0 Å². The first-order valence-electron chi connectivity index (χ1n) is 9.47. The summed E-state index contributed by atoms with van der Waals surface area (Å²) in [4.78, 5) is 12.5. The van der Waals surface area contributed by atoms with Crippen LogP contribution in [0.2, 0.25) is 5.02 Å². The van der Waals surface area contributed by atoms with Gasteiger partial charge in [-0.2, -0.15) is 13.2 Å². The van der Waals surface area contributed by atoms with Crippen LogP contribution in [0, 0.1) is 5.82 Å². The molecule has 0 radical (unpaired) electrons. The Morgan fingerprint density at radius 1 is 1.28 bits per heavy atom. The van der Waals surface area contributed by atoms with Gasteiger partial charge in [0.25, 0.3) is 0 Å². The van der Waals surface area contributed by atoms with Crippen LogP contribution < -0.4 is 4.74 Å². The summed E-state index contributed by atoms with van der Waals surface area (Å²) in [6.45, 7) is 0.662. The molecule has 32 heavy (non-hydrogen) atoms. The van der Waals surface area contributed by atoms with E-state index in [0.717, 1.165) is 6.07 Å². The number of rotatable bonds is 7. The molecule has 0 aromatic heterocycles. The fourth-order valence-corrected chi connectivity index (χ4v) is 3.54. The third kappa shape index (κ3) is 6.71. The Labute approximate surface area is 193 Å². The third-order valence-corrected chi connectivity index (χ3v) is 5.27. The summed E-state index contributed by atoms with van der Waals surface area (Å²) < 4.78 is 66.0. The Morgan fingerprint density at radius 3 is 2.69 bits per heavy atom. The second-order valence-electron chi connectivity index (χ2n) is 7.04. The van der Waals surface area contributed by atoms with Gasteiger partial charge in [-0.25, -0.2) is 4.39 Å². The molecule has 5 nitrogen and oxygen atoms in total. The van der Waals surface area contributed by atoms with Crippen LogP contribution in [0.4, 0.5) is 17.6 Å². The Balaban J connectivity index is 0.00000363. The lowest BCUT2D eigenvalue weighted by Crippen LogP contribution is -2.40. The van der Waals surface area contributed by atoms with Gasteiger partial charge in [-0.1, -0.05) is 23.7 Å². The van der Waals surface area contributed by atoms with Crippen molar-refractivity contribution >= 4 is 30.0 Å². The minimum atomic E-state index is -4.67. The Morgan fingerprint density at radius 2 is 2.03 bits per heavy atom. The Hall–Kier alpha value is -2.07. The molecule has 1 unspecified atom stereocenters. The van der Waals surface area contributed by atoms with E-state index in [0.29, 0.717) is 6.54 Å². The number of benzene rings is 2. The molecular formula is C21H21Cl2F4NO4. The maximum atomic E-state index is 13.9. The van der Waals surface area contributed by atoms with Crippen molar-refractivity contribution in [3.8, 4) is 5.75 Å². The van der Waals surface area contributed by atoms with Crippen LogP contribution in [0.15, 0.2) is 36.4 Å². The molecule has 1 atom stereocenters. The Bertz CT molecular complexity index is 922. The highest BCUT2D eigenvalue weighted by Gasteiger charge is 2.37. The van der Waals surface area contributed by atoms with Gasteiger partial charge in [0.15, 0.2) is 0 Å². The van der Waals surface area contributed by atoms with Gasteiger partial charge in [0.1, 0.15) is 18.2 Å². The summed E-state index contributed by atoms with van der Waals surface area (Å²) in [7, 11) is 0. The second-order valence-corrected chi connectivity index (χ2v) is 7.45. The molecule has 1 aliphatic rings. The van der Waals surface area contributed by atoms with E-state index in [1.165, 1.54) is 30.3 Å². The van der Waals surface area contributed by atoms with Crippen molar-refractivity contribution in [2.75, 3.05) is 26.2 Å². The van der Waals surface area contributed by atoms with Crippen LogP contribution in [0.1, 0.15) is 29.2 Å². The van der Waals surface area contributed by atoms with E-state index < -0.39 is 29.6 Å². The Kier molecular flexibility index (Phi) is 9.15. The maximum Gasteiger partial charge on any atom is 0.416 e. The number of morpholine rings is 1. The molecule has 3 rings (SSSR count). The fraction of sp³-hybridized carbons (Fsp3) is 0.381. The first-order valence-corrected chi connectivity index (χ1v) is 9.85. The summed E-state index contributed by atoms with van der Waals surface area (Å²) in [5.74, 6) is -1.68. The number of aliphatic carboxylic acids is 1. The molecule has 2 aromatic carbocycles. The number of ether oxygens (including phenoxy) is 2. The summed E-state index contributed by atoms with van der Waals surface area (Å²) in [6, 6.07) is 7.55. The lowest BCUT2D eigenvalue weighted by Gasteiger charge is -2.34. The highest BCUT2D eigenvalue weighted by molar-refractivity contribution is 6.31. The first-order chi connectivity index (χ1) is 14.6. The third-order valence-electron chi connectivity index (χ3n) is 4.91. The molecule has 0 bridgehead atoms. The summed E-state index contributed by atoms with van der Waals surface area (Å²) >= 11 is 5.93. The van der Waals surface area contributed by atoms with Crippen molar-refractivity contribution < 1.29 is 36.9 Å². The zero-order valence-corrected chi connectivity index (χ0v) is 18.3. The molecule has 0 aliphatic carbocycles. The smallest absolute Gasteiger partial charge is 0.416 e. The molecule has 11 heteroatoms. The van der Waals surface area contributed by atoms with Crippen molar-refractivity contribution in [1.82, 2.24) is 4.90 Å². The van der Waals surface area contributed by atoms with Crippen molar-refractivity contribution in [2.45, 2.75) is 25.3 Å². The van der Waals surface area contributed by atoms with Crippen molar-refractivity contribution in [3.05, 3.63) is 63.9 Å². The quantitative estimate of drug-likeness (QED) is 0.522. The van der Waals surface area contributed by atoms with Crippen LogP contribution in [-0.4, -0.2) is 42.2 Å². The summed E-state index contributed by atoms with van der Waals surface area (Å²) in [6.07, 6.45) is -5.64. The van der Waals surface area contributed by atoms with Crippen LogP contribution >= 0.6 is 24.0 Å². The zero-order valence-electron chi connectivity index (χ0n) is 16.7. The number of nitrogens with zero attached hydrogens (tertiary/aromatic N) is 1. The fourth-order valence-electron chi connectivity index (χ4n) is 3.32. The normalized spacial score (nSPS) is 17.0. The van der Waals surface area contributed by atoms with E-state index >= 15 is 0 Å². The van der Waals surface area contributed by atoms with Crippen molar-refractivity contribution in [1.29, 1.82) is 0 Å². The van der Waals surface area contributed by atoms with E-state index in [-0.39, 0.29) is 67.0 Å². The number of hydrogen-bond acceptors (Lipinski definition) is 4. The summed E-state index contributed by atoms with van der Waals surface area (Å²) in [5, 5.41) is 8.94. The van der Waals surface area contributed by atoms with Crippen LogP contribution in [0.5, 0.6) is 5.75 Å². The molecule has 0 amide bonds. The first kappa shape index (κ1) is 26.2. The topological polar surface area (TPSA) is 59.0 Å². The predicted molar refractivity (Wildman–Crippen MR) is 112 cm³/mol. The second kappa shape index (κ2) is 11.2. The number of hydrogen-bond donors (Lipinski definition) is 1. The number of carboxylic acid groups (broad SMARTS) is 1. The highest BCUT2D eigenvalue weighted by atomic mass is 35.5. The van der Waals surface area contributed by atoms with Gasteiger partial charge >= 0.3 is 12.1 Å². The average molecular weight is 498 g/mol. The standard InChI is InChI=1S/C21H20ClF4NO4.ClH/c22-17-2-1-3-18(23)15(17)12-31-13-4-5-14(16(10-13)21(24,25)26)19-11-27(8-9-30-19)7-6-20(28)29;/h1-5,10,19H,6-9,11-12H2,(H,28,29);1H. The maximum absolute atomic E-state index is 13.9. The lowest BCUT2D eigenvalue weighted by atomic mass is 10.00. The van der Waals surface area contributed by atoms with Gasteiger partial charge in [-0.15, -0.1) is 12.4 Å². The largest absolute Gasteiger partial charge is 0.489 e. The molecule has 1 N–H and O–H groups in total. The van der Waals surface area contributed by atoms with Crippen LogP contribution in [-0.2, 0) is 22.3 Å². The molecular weight excluding hydrogens is 477 g/mol. The van der Waals surface area contributed by atoms with Gasteiger partial charge in [0, 0.05) is 25.2 Å². The van der Waals surface area contributed by atoms with Gasteiger partial charge in [-0.3, -0.25) is 9.69 Å². The van der Waals surface area contributed by atoms with Gasteiger partial charge in [0.2, 0.25) is 0 Å². The molecule has 1 fully saturated rings. The van der Waals surface area contributed by atoms with Gasteiger partial charge < -0.3 is 14.6 Å². The molecule has 1 heterocycles. The molecule has 176 valence electrons. The number of carboxylic acids is 1. The van der Waals surface area contributed by atoms with Gasteiger partial charge in [-0.05, 0) is 29.8 Å². The SMILES string of the molecule is Cl.O=C(O)CCN1CCOC(c2ccc(OCc3c(F)cccc3Cl)cc2C(F)(F)F)C1. The van der Waals surface area contributed by atoms with Crippen molar-refractivity contribution in [2.24, 2.45) is 0 Å². The minimum Gasteiger partial charge on any atom is -0.489 e. The van der Waals surface area contributed by atoms with Crippen LogP contribution in [0.25, 0.3) is 0 Å². The monoisotopic (exact) mass is 497 g/mol. The molecule has 1 aliphatic heterocycles. The van der Waals surface area contributed by atoms with E-state index in [2.05, 4.69) is 0 Å². The lowest BCUT2D eigenvalue weighted by molar-refractivity contribution is -0.140. The summed E-state index contributed by atoms with van der Waals surface area (Å²) in [5.41, 5.74) is -0.940. The van der Waals surface area contributed by atoms with E-state index in [9.17, 15) is 22.4 Å². The van der Waals surface area contributed by atoms with Crippen molar-refractivity contribution in [3.63, 3.8) is 0 Å². The van der Waals surface area contributed by atoms with Gasteiger partial charge in [0.05, 0.1) is 29.7 Å². The zero-order chi connectivity index (χ0) is 22.6. The van der Waals surface area contributed by atoms with E-state index in [4.69, 9.17) is 26.2 Å². The minimum absolute atomic E-state index is 0. The average Bonchev–Trinajstić information content (AvgIpc) is 2.71. The molecule has 0 spiro atoms. The predicted octanol–water partition coefficient (Wildman–Crippen LogP) is 5.35. The van der Waals surface area contributed by atoms with Crippen LogP contribution in [0.3, 0.4) is 0 Å². The van der Waals surface area contributed by atoms with E-state index in [1.54, 1.807) is 4.90 Å². The number of halogens is 6. The highest BCUT2D eigenvalue weighted by Crippen LogP contribution is 2.39. The number of carbonyl (C=O) groups is 1. The molecule has 0 saturated carbocycles.